The number of hydrogen-bond acceptors (Lipinski definition) is 4. The molecule has 28 heavy (non-hydrogen) atoms. The summed E-state index contributed by atoms with van der Waals surface area (Å²) in [7, 11) is 2.02. The minimum absolute atomic E-state index is 0.156. The van der Waals surface area contributed by atoms with Crippen LogP contribution in [-0.2, 0) is 4.79 Å². The summed E-state index contributed by atoms with van der Waals surface area (Å²) in [5.41, 5.74) is 5.66. The van der Waals surface area contributed by atoms with Crippen LogP contribution in [-0.4, -0.2) is 24.9 Å². The van der Waals surface area contributed by atoms with Gasteiger partial charge in [0.05, 0.1) is 12.0 Å². The number of nitrogens with one attached hydrogen (secondary N) is 1. The lowest BCUT2D eigenvalue weighted by atomic mass is 10.2. The van der Waals surface area contributed by atoms with Gasteiger partial charge in [-0.1, -0.05) is 41.9 Å². The Kier molecular flexibility index (Phi) is 7.12. The summed E-state index contributed by atoms with van der Waals surface area (Å²) in [6.07, 6.45) is 1.64. The minimum Gasteiger partial charge on any atom is -0.345 e. The third kappa shape index (κ3) is 5.87. The highest BCUT2D eigenvalue weighted by atomic mass is 35.5. The SMILES string of the molecule is CN(c1ccccc1)c1ccc(/C=N/NC(=O)CSc2ccc(Cl)cc2)cc1. The molecule has 0 saturated carbocycles. The van der Waals surface area contributed by atoms with Crippen molar-refractivity contribution in [2.24, 2.45) is 5.10 Å². The molecule has 142 valence electrons. The molecule has 0 aliphatic rings. The average Bonchev–Trinajstić information content (AvgIpc) is 2.74. The Morgan fingerprint density at radius 2 is 1.64 bits per heavy atom. The Hall–Kier alpha value is -2.76. The summed E-state index contributed by atoms with van der Waals surface area (Å²) in [6, 6.07) is 25.5. The number of carbonyl (C=O) groups is 1. The molecule has 4 nitrogen and oxygen atoms in total. The number of hydrazone groups is 1. The van der Waals surface area contributed by atoms with Crippen LogP contribution in [0.15, 0.2) is 88.9 Å². The highest BCUT2D eigenvalue weighted by Gasteiger charge is 2.03. The van der Waals surface area contributed by atoms with E-state index in [-0.39, 0.29) is 5.91 Å². The van der Waals surface area contributed by atoms with E-state index in [0.29, 0.717) is 10.8 Å². The molecule has 3 aromatic rings. The molecule has 0 aliphatic heterocycles. The van der Waals surface area contributed by atoms with Crippen molar-refractivity contribution in [1.82, 2.24) is 5.43 Å². The number of hydrogen-bond donors (Lipinski definition) is 1. The first-order valence-electron chi connectivity index (χ1n) is 8.71. The van der Waals surface area contributed by atoms with Crippen molar-refractivity contribution in [1.29, 1.82) is 0 Å². The van der Waals surface area contributed by atoms with Gasteiger partial charge >= 0.3 is 0 Å². The first-order chi connectivity index (χ1) is 13.6. The number of thioether (sulfide) groups is 1. The number of halogens is 1. The maximum Gasteiger partial charge on any atom is 0.250 e. The Labute approximate surface area is 174 Å². The third-order valence-electron chi connectivity index (χ3n) is 4.01. The van der Waals surface area contributed by atoms with Crippen molar-refractivity contribution < 1.29 is 4.79 Å². The fourth-order valence-corrected chi connectivity index (χ4v) is 3.29. The van der Waals surface area contributed by atoms with E-state index in [1.165, 1.54) is 11.8 Å². The van der Waals surface area contributed by atoms with E-state index in [2.05, 4.69) is 27.6 Å². The minimum atomic E-state index is -0.156. The van der Waals surface area contributed by atoms with Gasteiger partial charge in [0.1, 0.15) is 0 Å². The van der Waals surface area contributed by atoms with Gasteiger partial charge in [-0.05, 0) is 54.1 Å². The van der Waals surface area contributed by atoms with Crippen molar-refractivity contribution in [2.45, 2.75) is 4.90 Å². The predicted octanol–water partition coefficient (Wildman–Crippen LogP) is 5.35. The average molecular weight is 410 g/mol. The van der Waals surface area contributed by atoms with Gasteiger partial charge in [-0.15, -0.1) is 11.8 Å². The maximum atomic E-state index is 11.9. The molecule has 0 fully saturated rings. The van der Waals surface area contributed by atoms with Crippen LogP contribution in [0.25, 0.3) is 0 Å². The van der Waals surface area contributed by atoms with Gasteiger partial charge in [-0.2, -0.15) is 5.10 Å². The lowest BCUT2D eigenvalue weighted by Crippen LogP contribution is -2.19. The quantitative estimate of drug-likeness (QED) is 0.325. The third-order valence-corrected chi connectivity index (χ3v) is 5.27. The molecular weight excluding hydrogens is 390 g/mol. The zero-order valence-corrected chi connectivity index (χ0v) is 17.0. The largest absolute Gasteiger partial charge is 0.345 e. The topological polar surface area (TPSA) is 44.7 Å². The molecule has 0 aliphatic carbocycles. The van der Waals surface area contributed by atoms with Crippen molar-refractivity contribution >= 4 is 46.9 Å². The summed E-state index contributed by atoms with van der Waals surface area (Å²) >= 11 is 7.29. The zero-order valence-electron chi connectivity index (χ0n) is 15.4. The van der Waals surface area contributed by atoms with Crippen molar-refractivity contribution in [3.05, 3.63) is 89.4 Å². The van der Waals surface area contributed by atoms with Gasteiger partial charge in [-0.3, -0.25) is 4.79 Å². The Morgan fingerprint density at radius 3 is 2.32 bits per heavy atom. The van der Waals surface area contributed by atoms with Crippen LogP contribution in [0, 0.1) is 0 Å². The van der Waals surface area contributed by atoms with E-state index in [1.807, 2.05) is 61.6 Å². The molecule has 0 bridgehead atoms. The highest BCUT2D eigenvalue weighted by Crippen LogP contribution is 2.23. The second kappa shape index (κ2) is 9.97. The van der Waals surface area contributed by atoms with Gasteiger partial charge in [0.25, 0.3) is 0 Å². The monoisotopic (exact) mass is 409 g/mol. The Bertz CT molecular complexity index is 928. The second-order valence-electron chi connectivity index (χ2n) is 6.02. The molecule has 0 aromatic heterocycles. The number of benzene rings is 3. The zero-order chi connectivity index (χ0) is 19.8. The number of amides is 1. The van der Waals surface area contributed by atoms with Crippen LogP contribution in [0.3, 0.4) is 0 Å². The predicted molar refractivity (Wildman–Crippen MR) is 119 cm³/mol. The summed E-state index contributed by atoms with van der Waals surface area (Å²) in [5.74, 6) is 0.136. The van der Waals surface area contributed by atoms with Gasteiger partial charge in [-0.25, -0.2) is 5.43 Å². The first-order valence-corrected chi connectivity index (χ1v) is 10.1. The number of anilines is 2. The van der Waals surface area contributed by atoms with Crippen LogP contribution < -0.4 is 10.3 Å². The van der Waals surface area contributed by atoms with Crippen LogP contribution >= 0.6 is 23.4 Å². The molecule has 0 unspecified atom stereocenters. The van der Waals surface area contributed by atoms with Crippen LogP contribution in [0.5, 0.6) is 0 Å². The summed E-state index contributed by atoms with van der Waals surface area (Å²) in [6.45, 7) is 0. The Morgan fingerprint density at radius 1 is 1.00 bits per heavy atom. The fraction of sp³-hybridized carbons (Fsp3) is 0.0909. The lowest BCUT2D eigenvalue weighted by molar-refractivity contribution is -0.118. The van der Waals surface area contributed by atoms with Crippen molar-refractivity contribution in [3.63, 3.8) is 0 Å². The standard InChI is InChI=1S/C22H20ClN3OS/c1-26(19-5-3-2-4-6-19)20-11-7-17(8-12-20)15-24-25-22(27)16-28-21-13-9-18(23)10-14-21/h2-15H,16H2,1H3,(H,25,27)/b24-15+. The van der Waals surface area contributed by atoms with E-state index in [1.54, 1.807) is 18.3 Å². The summed E-state index contributed by atoms with van der Waals surface area (Å²) < 4.78 is 0. The lowest BCUT2D eigenvalue weighted by Gasteiger charge is -2.19. The van der Waals surface area contributed by atoms with Crippen LogP contribution in [0.1, 0.15) is 5.56 Å². The Balaban J connectivity index is 1.49. The van der Waals surface area contributed by atoms with E-state index in [9.17, 15) is 4.79 Å². The molecule has 1 N–H and O–H groups in total. The van der Waals surface area contributed by atoms with Gasteiger partial charge in [0.15, 0.2) is 0 Å². The smallest absolute Gasteiger partial charge is 0.250 e. The second-order valence-corrected chi connectivity index (χ2v) is 7.51. The summed E-state index contributed by atoms with van der Waals surface area (Å²) in [5, 5.41) is 4.71. The molecule has 0 saturated heterocycles. The summed E-state index contributed by atoms with van der Waals surface area (Å²) in [4.78, 5) is 15.0. The molecule has 0 spiro atoms. The number of carbonyl (C=O) groups excluding carboxylic acids is 1. The van der Waals surface area contributed by atoms with E-state index in [4.69, 9.17) is 11.6 Å². The number of para-hydroxylation sites is 1. The van der Waals surface area contributed by atoms with Crippen molar-refractivity contribution in [2.75, 3.05) is 17.7 Å². The van der Waals surface area contributed by atoms with Gasteiger partial charge < -0.3 is 4.90 Å². The molecule has 0 radical (unpaired) electrons. The normalized spacial score (nSPS) is 10.8. The molecule has 0 heterocycles. The first kappa shape index (κ1) is 20.0. The number of rotatable bonds is 7. The fourth-order valence-electron chi connectivity index (χ4n) is 2.48. The molecule has 0 atom stereocenters. The maximum absolute atomic E-state index is 11.9. The van der Waals surface area contributed by atoms with Crippen LogP contribution in [0.4, 0.5) is 11.4 Å². The van der Waals surface area contributed by atoms with Gasteiger partial charge in [0.2, 0.25) is 5.91 Å². The molecule has 3 aromatic carbocycles. The molecule has 6 heteroatoms. The molecule has 1 amide bonds. The van der Waals surface area contributed by atoms with Crippen LogP contribution in [0.2, 0.25) is 5.02 Å². The number of nitrogens with zero attached hydrogens (tertiary/aromatic N) is 2. The van der Waals surface area contributed by atoms with E-state index in [0.717, 1.165) is 21.8 Å². The van der Waals surface area contributed by atoms with E-state index >= 15 is 0 Å². The van der Waals surface area contributed by atoms with E-state index < -0.39 is 0 Å². The molecule has 3 rings (SSSR count). The highest BCUT2D eigenvalue weighted by molar-refractivity contribution is 8.00. The molecular formula is C22H20ClN3OS. The van der Waals surface area contributed by atoms with Gasteiger partial charge in [0, 0.05) is 28.3 Å². The van der Waals surface area contributed by atoms with Crippen molar-refractivity contribution in [3.8, 4) is 0 Å².